The second kappa shape index (κ2) is 8.37. The Morgan fingerprint density at radius 3 is 2.56 bits per heavy atom. The number of aryl methyl sites for hydroxylation is 1. The van der Waals surface area contributed by atoms with Gasteiger partial charge >= 0.3 is 0 Å². The van der Waals surface area contributed by atoms with E-state index in [1.165, 1.54) is 10.4 Å². The number of rotatable bonds is 4. The number of nitrogens with one attached hydrogen (secondary N) is 2. The van der Waals surface area contributed by atoms with Crippen LogP contribution in [0.5, 0.6) is 0 Å². The average Bonchev–Trinajstić information content (AvgIpc) is 3.14. The summed E-state index contributed by atoms with van der Waals surface area (Å²) in [7, 11) is 1.61. The maximum atomic E-state index is 12.5. The van der Waals surface area contributed by atoms with Crippen molar-refractivity contribution in [1.29, 1.82) is 0 Å². The highest BCUT2D eigenvalue weighted by Gasteiger charge is 2.21. The molecule has 164 valence electrons. The Morgan fingerprint density at radius 1 is 1.12 bits per heavy atom. The Bertz CT molecular complexity index is 1350. The van der Waals surface area contributed by atoms with Gasteiger partial charge in [0.25, 0.3) is 11.5 Å². The monoisotopic (exact) mass is 447 g/mol. The average molecular weight is 448 g/mol. The van der Waals surface area contributed by atoms with Gasteiger partial charge in [-0.05, 0) is 30.7 Å². The fourth-order valence-corrected chi connectivity index (χ4v) is 5.66. The number of aromatic amines is 1. The molecule has 0 atom stereocenters. The lowest BCUT2D eigenvalue weighted by molar-refractivity contribution is 0.0958. The summed E-state index contributed by atoms with van der Waals surface area (Å²) in [6.45, 7) is 6.69. The SMILES string of the molecule is CNC(=O)c1ccc(N2CCN(Cc3sc4c([nH]c(=O)c5ccccc54)c3C)CC2)cn1. The van der Waals surface area contributed by atoms with E-state index in [4.69, 9.17) is 0 Å². The number of aromatic nitrogens is 2. The highest BCUT2D eigenvalue weighted by Crippen LogP contribution is 2.34. The van der Waals surface area contributed by atoms with Crippen molar-refractivity contribution in [3.8, 4) is 0 Å². The predicted octanol–water partition coefficient (Wildman–Crippen LogP) is 3.13. The van der Waals surface area contributed by atoms with Crippen LogP contribution in [0.3, 0.4) is 0 Å². The molecule has 0 spiro atoms. The number of thiophene rings is 1. The van der Waals surface area contributed by atoms with Crippen LogP contribution in [0, 0.1) is 6.92 Å². The first-order valence-corrected chi connectivity index (χ1v) is 11.5. The molecule has 0 unspecified atom stereocenters. The van der Waals surface area contributed by atoms with Gasteiger partial charge in [0, 0.05) is 55.4 Å². The number of anilines is 1. The molecule has 0 saturated carbocycles. The second-order valence-corrected chi connectivity index (χ2v) is 9.20. The standard InChI is InChI=1S/C24H25N5O2S/c1-15-20(32-22-17-5-3-4-6-18(17)23(30)27-21(15)22)14-28-9-11-29(12-10-28)16-7-8-19(26-13-16)24(31)25-2/h3-8,13H,9-12,14H2,1-2H3,(H,25,31)(H,27,30). The maximum absolute atomic E-state index is 12.5. The lowest BCUT2D eigenvalue weighted by atomic mass is 10.1. The van der Waals surface area contributed by atoms with Crippen LogP contribution in [0.15, 0.2) is 47.4 Å². The molecule has 8 heteroatoms. The highest BCUT2D eigenvalue weighted by atomic mass is 32.1. The first-order valence-electron chi connectivity index (χ1n) is 10.7. The number of fused-ring (bicyclic) bond motifs is 3. The molecule has 1 aliphatic heterocycles. The molecule has 2 N–H and O–H groups in total. The minimum Gasteiger partial charge on any atom is -0.368 e. The van der Waals surface area contributed by atoms with Gasteiger partial charge < -0.3 is 15.2 Å². The summed E-state index contributed by atoms with van der Waals surface area (Å²) in [4.78, 5) is 37.6. The Labute approximate surface area is 189 Å². The van der Waals surface area contributed by atoms with E-state index in [1.807, 2.05) is 30.3 Å². The number of carbonyl (C=O) groups is 1. The van der Waals surface area contributed by atoms with E-state index in [9.17, 15) is 9.59 Å². The molecule has 1 aromatic carbocycles. The molecule has 4 heterocycles. The number of benzene rings is 1. The van der Waals surface area contributed by atoms with Crippen molar-refractivity contribution in [2.75, 3.05) is 38.1 Å². The van der Waals surface area contributed by atoms with Crippen LogP contribution < -0.4 is 15.8 Å². The summed E-state index contributed by atoms with van der Waals surface area (Å²) in [5.74, 6) is -0.172. The van der Waals surface area contributed by atoms with Gasteiger partial charge in [0.15, 0.2) is 0 Å². The molecule has 5 rings (SSSR count). The molecule has 32 heavy (non-hydrogen) atoms. The molecule has 0 aliphatic carbocycles. The minimum atomic E-state index is -0.172. The number of pyridine rings is 2. The molecule has 1 aliphatic rings. The zero-order valence-electron chi connectivity index (χ0n) is 18.1. The summed E-state index contributed by atoms with van der Waals surface area (Å²) in [5, 5.41) is 4.37. The largest absolute Gasteiger partial charge is 0.368 e. The van der Waals surface area contributed by atoms with E-state index in [0.29, 0.717) is 5.69 Å². The first-order chi connectivity index (χ1) is 15.5. The lowest BCUT2D eigenvalue weighted by Crippen LogP contribution is -2.46. The summed E-state index contributed by atoms with van der Waals surface area (Å²) in [6, 6.07) is 11.6. The molecule has 3 aromatic heterocycles. The molecular formula is C24H25N5O2S. The Kier molecular flexibility index (Phi) is 5.40. The van der Waals surface area contributed by atoms with Crippen LogP contribution in [0.1, 0.15) is 20.9 Å². The van der Waals surface area contributed by atoms with Gasteiger partial charge in [-0.25, -0.2) is 4.98 Å². The van der Waals surface area contributed by atoms with E-state index in [1.54, 1.807) is 30.6 Å². The van der Waals surface area contributed by atoms with Crippen molar-refractivity contribution >= 4 is 43.9 Å². The summed E-state index contributed by atoms with van der Waals surface area (Å²) >= 11 is 1.79. The van der Waals surface area contributed by atoms with E-state index in [0.717, 1.165) is 59.4 Å². The smallest absolute Gasteiger partial charge is 0.269 e. The number of piperazine rings is 1. The number of hydrogen-bond acceptors (Lipinski definition) is 6. The van der Waals surface area contributed by atoms with E-state index in [2.05, 4.69) is 32.0 Å². The zero-order valence-corrected chi connectivity index (χ0v) is 19.0. The van der Waals surface area contributed by atoms with Gasteiger partial charge in [-0.3, -0.25) is 14.5 Å². The van der Waals surface area contributed by atoms with Crippen LogP contribution in [0.4, 0.5) is 5.69 Å². The number of amides is 1. The van der Waals surface area contributed by atoms with Crippen molar-refractivity contribution in [3.05, 3.63) is 69.1 Å². The van der Waals surface area contributed by atoms with Gasteiger partial charge in [-0.2, -0.15) is 0 Å². The third-order valence-electron chi connectivity index (χ3n) is 6.21. The Balaban J connectivity index is 1.31. The highest BCUT2D eigenvalue weighted by molar-refractivity contribution is 7.20. The maximum Gasteiger partial charge on any atom is 0.269 e. The zero-order chi connectivity index (χ0) is 22.2. The number of carbonyl (C=O) groups excluding carboxylic acids is 1. The summed E-state index contributed by atoms with van der Waals surface area (Å²) in [6.07, 6.45) is 1.78. The molecule has 0 radical (unpaired) electrons. The fourth-order valence-electron chi connectivity index (χ4n) is 4.31. The number of nitrogens with zero attached hydrogens (tertiary/aromatic N) is 3. The molecule has 1 amide bonds. The van der Waals surface area contributed by atoms with Crippen molar-refractivity contribution in [3.63, 3.8) is 0 Å². The predicted molar refractivity (Wildman–Crippen MR) is 130 cm³/mol. The normalized spacial score (nSPS) is 14.9. The molecule has 1 saturated heterocycles. The van der Waals surface area contributed by atoms with Crippen LogP contribution in [-0.4, -0.2) is 54.0 Å². The van der Waals surface area contributed by atoms with E-state index >= 15 is 0 Å². The van der Waals surface area contributed by atoms with Crippen LogP contribution in [-0.2, 0) is 6.54 Å². The second-order valence-electron chi connectivity index (χ2n) is 8.10. The van der Waals surface area contributed by atoms with Gasteiger partial charge in [0.2, 0.25) is 0 Å². The van der Waals surface area contributed by atoms with E-state index < -0.39 is 0 Å². The molecule has 7 nitrogen and oxygen atoms in total. The van der Waals surface area contributed by atoms with Crippen LogP contribution in [0.25, 0.3) is 21.0 Å². The van der Waals surface area contributed by atoms with E-state index in [-0.39, 0.29) is 11.5 Å². The van der Waals surface area contributed by atoms with Crippen molar-refractivity contribution in [2.24, 2.45) is 0 Å². The van der Waals surface area contributed by atoms with Crippen molar-refractivity contribution < 1.29 is 4.79 Å². The molecule has 1 fully saturated rings. The summed E-state index contributed by atoms with van der Waals surface area (Å²) in [5.41, 5.74) is 3.59. The summed E-state index contributed by atoms with van der Waals surface area (Å²) < 4.78 is 1.16. The fraction of sp³-hybridized carbons (Fsp3) is 0.292. The van der Waals surface area contributed by atoms with Crippen molar-refractivity contribution in [2.45, 2.75) is 13.5 Å². The third kappa shape index (κ3) is 3.65. The van der Waals surface area contributed by atoms with Crippen LogP contribution in [0.2, 0.25) is 0 Å². The van der Waals surface area contributed by atoms with Gasteiger partial charge in [0.05, 0.1) is 22.1 Å². The van der Waals surface area contributed by atoms with Gasteiger partial charge in [0.1, 0.15) is 5.69 Å². The van der Waals surface area contributed by atoms with Crippen LogP contribution >= 0.6 is 11.3 Å². The van der Waals surface area contributed by atoms with Crippen molar-refractivity contribution in [1.82, 2.24) is 20.2 Å². The molecule has 4 aromatic rings. The number of hydrogen-bond donors (Lipinski definition) is 2. The lowest BCUT2D eigenvalue weighted by Gasteiger charge is -2.35. The molecular weight excluding hydrogens is 422 g/mol. The topological polar surface area (TPSA) is 81.3 Å². The minimum absolute atomic E-state index is 0.0230. The van der Waals surface area contributed by atoms with Gasteiger partial charge in [-0.15, -0.1) is 11.3 Å². The number of H-pyrrole nitrogens is 1. The Morgan fingerprint density at radius 2 is 1.88 bits per heavy atom. The Hall–Kier alpha value is -3.23. The third-order valence-corrected chi connectivity index (χ3v) is 7.52. The molecule has 0 bridgehead atoms. The van der Waals surface area contributed by atoms with Gasteiger partial charge in [-0.1, -0.05) is 18.2 Å². The quantitative estimate of drug-likeness (QED) is 0.502. The first kappa shape index (κ1) is 20.7.